The summed E-state index contributed by atoms with van der Waals surface area (Å²) < 4.78 is 12.6. The molecule has 5 rings (SSSR count). The van der Waals surface area contributed by atoms with Gasteiger partial charge in [-0.2, -0.15) is 0 Å². The minimum atomic E-state index is -0.561. The maximum atomic E-state index is 14.1. The Kier molecular flexibility index (Phi) is 9.27. The van der Waals surface area contributed by atoms with E-state index in [1.54, 1.807) is 24.2 Å². The number of ether oxygens (including phenoxy) is 2. The van der Waals surface area contributed by atoms with E-state index >= 15 is 0 Å². The number of amides is 1. The van der Waals surface area contributed by atoms with Crippen LogP contribution in [-0.2, 0) is 17.8 Å². The molecule has 2 aromatic heterocycles. The number of hydrogen-bond acceptors (Lipinski definition) is 7. The van der Waals surface area contributed by atoms with E-state index in [-0.39, 0.29) is 17.7 Å². The molecule has 0 unspecified atom stereocenters. The fraction of sp³-hybridized carbons (Fsp3) is 0.412. The van der Waals surface area contributed by atoms with Gasteiger partial charge in [0, 0.05) is 42.5 Å². The molecule has 9 nitrogen and oxygen atoms in total. The number of carbonyl (C=O) groups is 1. The van der Waals surface area contributed by atoms with E-state index in [1.807, 2.05) is 82.1 Å². The van der Waals surface area contributed by atoms with E-state index in [1.165, 1.54) is 0 Å². The van der Waals surface area contributed by atoms with Crippen molar-refractivity contribution < 1.29 is 14.3 Å². The average molecular weight is 618 g/mol. The van der Waals surface area contributed by atoms with Crippen LogP contribution in [0.25, 0.3) is 22.2 Å². The zero-order valence-electron chi connectivity index (χ0n) is 26.3. The van der Waals surface area contributed by atoms with Crippen molar-refractivity contribution in [2.24, 2.45) is 0 Å². The molecule has 232 valence electrons. The Bertz CT molecular complexity index is 1690. The number of pyridine rings is 1. The molecule has 44 heavy (non-hydrogen) atoms. The first-order valence-corrected chi connectivity index (χ1v) is 15.3. The predicted molar refractivity (Wildman–Crippen MR) is 173 cm³/mol. The van der Waals surface area contributed by atoms with Gasteiger partial charge in [-0.05, 0) is 94.1 Å². The summed E-state index contributed by atoms with van der Waals surface area (Å²) in [5, 5.41) is 1.08. The normalized spacial score (nSPS) is 15.3. The number of fused-ring (bicyclic) bond motifs is 1. The lowest BCUT2D eigenvalue weighted by molar-refractivity contribution is 0.0201. The zero-order chi connectivity index (χ0) is 31.6. The number of rotatable bonds is 8. The van der Waals surface area contributed by atoms with Crippen molar-refractivity contribution in [2.45, 2.75) is 65.3 Å². The van der Waals surface area contributed by atoms with E-state index in [0.717, 1.165) is 46.4 Å². The fourth-order valence-electron chi connectivity index (χ4n) is 5.81. The zero-order valence-corrected chi connectivity index (χ0v) is 27.0. The highest BCUT2D eigenvalue weighted by atomic mass is 35.5. The molecule has 1 aliphatic rings. The highest BCUT2D eigenvalue weighted by Gasteiger charge is 2.33. The van der Waals surface area contributed by atoms with Crippen molar-refractivity contribution in [3.63, 3.8) is 0 Å². The van der Waals surface area contributed by atoms with Crippen LogP contribution in [0.4, 0.5) is 4.79 Å². The number of likely N-dealkylation sites (tertiary alicyclic amines) is 1. The molecule has 1 atom stereocenters. The Morgan fingerprint density at radius 1 is 1.14 bits per heavy atom. The Morgan fingerprint density at radius 2 is 1.89 bits per heavy atom. The largest absolute Gasteiger partial charge is 0.497 e. The second-order valence-electron chi connectivity index (χ2n) is 12.6. The molecule has 0 N–H and O–H groups in total. The highest BCUT2D eigenvalue weighted by Crippen LogP contribution is 2.31. The maximum Gasteiger partial charge on any atom is 0.410 e. The van der Waals surface area contributed by atoms with Crippen LogP contribution in [0.3, 0.4) is 0 Å². The summed E-state index contributed by atoms with van der Waals surface area (Å²) in [6, 6.07) is 13.5. The summed E-state index contributed by atoms with van der Waals surface area (Å²) in [6.07, 6.45) is 4.85. The lowest BCUT2D eigenvalue weighted by Gasteiger charge is -2.31. The SMILES string of the molecule is COc1ccc(Cn2cnc3ncc(-c4cc(C)cc(Cl)c4)c(CN(C)C[C@@H]4CCCN4C(=O)OC(C)(C)C)c3c2=O)cc1. The predicted octanol–water partition coefficient (Wildman–Crippen LogP) is 6.31. The van der Waals surface area contributed by atoms with Crippen molar-refractivity contribution in [3.8, 4) is 16.9 Å². The van der Waals surface area contributed by atoms with Crippen molar-refractivity contribution in [3.05, 3.63) is 87.1 Å². The molecule has 1 fully saturated rings. The number of aryl methyl sites for hydroxylation is 1. The van der Waals surface area contributed by atoms with Crippen LogP contribution < -0.4 is 10.3 Å². The minimum Gasteiger partial charge on any atom is -0.497 e. The second kappa shape index (κ2) is 13.0. The molecule has 1 aliphatic heterocycles. The van der Waals surface area contributed by atoms with Gasteiger partial charge in [-0.3, -0.25) is 9.36 Å². The van der Waals surface area contributed by atoms with Crippen LogP contribution in [0.5, 0.6) is 5.75 Å². The summed E-state index contributed by atoms with van der Waals surface area (Å²) in [7, 11) is 3.64. The van der Waals surface area contributed by atoms with E-state index in [2.05, 4.69) is 14.9 Å². The van der Waals surface area contributed by atoms with Crippen molar-refractivity contribution in [1.29, 1.82) is 0 Å². The van der Waals surface area contributed by atoms with Crippen LogP contribution in [0.2, 0.25) is 5.02 Å². The van der Waals surface area contributed by atoms with E-state index in [9.17, 15) is 9.59 Å². The third-order valence-electron chi connectivity index (χ3n) is 7.78. The molecule has 10 heteroatoms. The average Bonchev–Trinajstić information content (AvgIpc) is 3.41. The summed E-state index contributed by atoms with van der Waals surface area (Å²) >= 11 is 6.48. The number of carbonyl (C=O) groups excluding carboxylic acids is 1. The van der Waals surface area contributed by atoms with Gasteiger partial charge < -0.3 is 19.3 Å². The molecule has 1 amide bonds. The van der Waals surface area contributed by atoms with E-state index in [4.69, 9.17) is 21.1 Å². The lowest BCUT2D eigenvalue weighted by Crippen LogP contribution is -2.44. The molecular formula is C34H40ClN5O4. The first kappa shape index (κ1) is 31.5. The standard InChI is InChI=1S/C34H40ClN5O4/c1-22-14-24(16-25(35)15-22)28-17-36-31-30(32(41)39(21-37-31)18-23-9-11-27(43-6)12-10-23)29(28)20-38(5)19-26-8-7-13-40(26)33(42)44-34(2,3)4/h9-12,14-17,21,26H,7-8,13,18-20H2,1-6H3/t26-/m0/s1. The minimum absolute atomic E-state index is 0.00432. The van der Waals surface area contributed by atoms with Gasteiger partial charge in [0.2, 0.25) is 0 Å². The molecule has 0 aliphatic carbocycles. The molecule has 3 heterocycles. The molecule has 0 bridgehead atoms. The number of halogens is 1. The molecule has 4 aromatic rings. The van der Waals surface area contributed by atoms with Gasteiger partial charge in [-0.25, -0.2) is 14.8 Å². The second-order valence-corrected chi connectivity index (χ2v) is 13.0. The van der Waals surface area contributed by atoms with Crippen molar-refractivity contribution in [2.75, 3.05) is 27.2 Å². The van der Waals surface area contributed by atoms with Gasteiger partial charge >= 0.3 is 6.09 Å². The summed E-state index contributed by atoms with van der Waals surface area (Å²) in [5.74, 6) is 0.751. The molecule has 2 aromatic carbocycles. The first-order chi connectivity index (χ1) is 20.9. The monoisotopic (exact) mass is 617 g/mol. The lowest BCUT2D eigenvalue weighted by atomic mass is 9.97. The van der Waals surface area contributed by atoms with E-state index < -0.39 is 5.60 Å². The highest BCUT2D eigenvalue weighted by molar-refractivity contribution is 6.31. The number of methoxy groups -OCH3 is 1. The third-order valence-corrected chi connectivity index (χ3v) is 8.00. The number of aromatic nitrogens is 3. The first-order valence-electron chi connectivity index (χ1n) is 14.9. The van der Waals surface area contributed by atoms with Gasteiger partial charge in [0.15, 0.2) is 5.65 Å². The number of benzene rings is 2. The van der Waals surface area contributed by atoms with Gasteiger partial charge in [0.05, 0.1) is 19.0 Å². The molecule has 0 saturated carbocycles. The van der Waals surface area contributed by atoms with Gasteiger partial charge in [0.25, 0.3) is 5.56 Å². The fourth-order valence-corrected chi connectivity index (χ4v) is 6.10. The molecule has 0 spiro atoms. The smallest absolute Gasteiger partial charge is 0.410 e. The molecule has 1 saturated heterocycles. The van der Waals surface area contributed by atoms with Crippen LogP contribution in [0, 0.1) is 6.92 Å². The Hall–Kier alpha value is -3.95. The summed E-state index contributed by atoms with van der Waals surface area (Å²) in [5.41, 5.74) is 4.15. The number of hydrogen-bond donors (Lipinski definition) is 0. The molecular weight excluding hydrogens is 578 g/mol. The van der Waals surface area contributed by atoms with Gasteiger partial charge in [0.1, 0.15) is 17.7 Å². The quantitative estimate of drug-likeness (QED) is 0.229. The van der Waals surface area contributed by atoms with E-state index in [0.29, 0.717) is 42.2 Å². The Labute approximate surface area is 263 Å². The topological polar surface area (TPSA) is 89.8 Å². The Morgan fingerprint density at radius 3 is 2.57 bits per heavy atom. The molecule has 0 radical (unpaired) electrons. The van der Waals surface area contributed by atoms with Gasteiger partial charge in [-0.15, -0.1) is 0 Å². The third kappa shape index (κ3) is 7.22. The van der Waals surface area contributed by atoms with Crippen molar-refractivity contribution >= 4 is 28.7 Å². The van der Waals surface area contributed by atoms with Crippen LogP contribution in [0.1, 0.15) is 50.3 Å². The van der Waals surface area contributed by atoms with Crippen molar-refractivity contribution in [1.82, 2.24) is 24.3 Å². The van der Waals surface area contributed by atoms with Crippen LogP contribution >= 0.6 is 11.6 Å². The van der Waals surface area contributed by atoms with Gasteiger partial charge in [-0.1, -0.05) is 29.8 Å². The van der Waals surface area contributed by atoms with Crippen LogP contribution in [-0.4, -0.2) is 69.3 Å². The summed E-state index contributed by atoms with van der Waals surface area (Å²) in [4.78, 5) is 40.3. The Balaban J connectivity index is 1.53. The summed E-state index contributed by atoms with van der Waals surface area (Å²) in [6.45, 7) is 9.72. The number of nitrogens with zero attached hydrogens (tertiary/aromatic N) is 5. The number of likely N-dealkylation sites (N-methyl/N-ethyl adjacent to an activating group) is 1. The van der Waals surface area contributed by atoms with Crippen LogP contribution in [0.15, 0.2) is 59.8 Å². The maximum absolute atomic E-state index is 14.1.